The Morgan fingerprint density at radius 2 is 2.14 bits per heavy atom. The maximum Gasteiger partial charge on any atom is 0.333 e. The van der Waals surface area contributed by atoms with Crippen LogP contribution in [0.15, 0.2) is 11.6 Å². The van der Waals surface area contributed by atoms with Crippen molar-refractivity contribution in [2.45, 2.75) is 19.9 Å². The third-order valence-electron chi connectivity index (χ3n) is 1.77. The summed E-state index contributed by atoms with van der Waals surface area (Å²) in [5.74, 6) is -0.798. The first-order valence-corrected chi connectivity index (χ1v) is 4.26. The molecule has 0 fully saturated rings. The molecule has 5 nitrogen and oxygen atoms in total. The van der Waals surface area contributed by atoms with E-state index in [2.05, 4.69) is 10.1 Å². The number of ether oxygens (including phenoxy) is 1. The molecule has 3 N–H and O–H groups in total. The van der Waals surface area contributed by atoms with Crippen LogP contribution in [0.4, 0.5) is 0 Å². The number of carbonyl (C=O) groups excluding carboxylic acids is 2. The van der Waals surface area contributed by atoms with Crippen LogP contribution in [0, 0.1) is 0 Å². The third-order valence-corrected chi connectivity index (χ3v) is 1.77. The van der Waals surface area contributed by atoms with Gasteiger partial charge in [0, 0.05) is 12.1 Å². The Bertz CT molecular complexity index is 248. The molecule has 0 rings (SSSR count). The van der Waals surface area contributed by atoms with Crippen molar-refractivity contribution in [3.63, 3.8) is 0 Å². The molecule has 0 aromatic heterocycles. The molecule has 0 radical (unpaired) electrons. The number of rotatable bonds is 5. The van der Waals surface area contributed by atoms with Crippen molar-refractivity contribution in [2.75, 3.05) is 13.7 Å². The lowest BCUT2D eigenvalue weighted by Crippen LogP contribution is -2.38. The van der Waals surface area contributed by atoms with E-state index in [1.807, 2.05) is 0 Å². The van der Waals surface area contributed by atoms with E-state index in [9.17, 15) is 9.59 Å². The number of amides is 1. The van der Waals surface area contributed by atoms with Gasteiger partial charge in [-0.2, -0.15) is 0 Å². The molecule has 0 aromatic rings. The molecule has 1 amide bonds. The van der Waals surface area contributed by atoms with Gasteiger partial charge in [-0.1, -0.05) is 6.08 Å². The van der Waals surface area contributed by atoms with Crippen LogP contribution in [-0.4, -0.2) is 31.6 Å². The van der Waals surface area contributed by atoms with E-state index in [1.54, 1.807) is 19.9 Å². The summed E-state index contributed by atoms with van der Waals surface area (Å²) < 4.78 is 4.49. The smallest absolute Gasteiger partial charge is 0.333 e. The highest BCUT2D eigenvalue weighted by Crippen LogP contribution is 1.93. The van der Waals surface area contributed by atoms with Gasteiger partial charge < -0.3 is 15.8 Å². The zero-order valence-corrected chi connectivity index (χ0v) is 8.66. The molecule has 0 spiro atoms. The quantitative estimate of drug-likeness (QED) is 0.466. The summed E-state index contributed by atoms with van der Waals surface area (Å²) in [5.41, 5.74) is 5.52. The average Bonchev–Trinajstić information content (AvgIpc) is 2.15. The molecule has 0 aliphatic rings. The zero-order chi connectivity index (χ0) is 11.1. The maximum absolute atomic E-state index is 10.9. The van der Waals surface area contributed by atoms with Gasteiger partial charge in [0.05, 0.1) is 13.2 Å². The summed E-state index contributed by atoms with van der Waals surface area (Å²) in [7, 11) is 1.32. The van der Waals surface area contributed by atoms with Crippen molar-refractivity contribution in [3.8, 4) is 0 Å². The number of nitrogens with one attached hydrogen (secondary N) is 1. The van der Waals surface area contributed by atoms with Crippen molar-refractivity contribution >= 4 is 11.9 Å². The Morgan fingerprint density at radius 1 is 1.57 bits per heavy atom. The maximum atomic E-state index is 10.9. The van der Waals surface area contributed by atoms with Gasteiger partial charge in [0.15, 0.2) is 0 Å². The summed E-state index contributed by atoms with van der Waals surface area (Å²) in [5, 5.41) is 2.83. The highest BCUT2D eigenvalue weighted by molar-refractivity contribution is 5.87. The first-order chi connectivity index (χ1) is 6.49. The highest BCUT2D eigenvalue weighted by atomic mass is 16.5. The van der Waals surface area contributed by atoms with Crippen LogP contribution in [0.2, 0.25) is 0 Å². The Morgan fingerprint density at radius 3 is 2.57 bits per heavy atom. The molecule has 0 aromatic carbocycles. The predicted molar refractivity (Wildman–Crippen MR) is 52.4 cm³/mol. The molecular weight excluding hydrogens is 184 g/mol. The molecule has 1 unspecified atom stereocenters. The minimum atomic E-state index is -0.422. The van der Waals surface area contributed by atoms with Crippen molar-refractivity contribution in [3.05, 3.63) is 11.6 Å². The van der Waals surface area contributed by atoms with Crippen LogP contribution >= 0.6 is 0 Å². The number of primary amides is 1. The van der Waals surface area contributed by atoms with E-state index < -0.39 is 11.9 Å². The average molecular weight is 200 g/mol. The molecule has 14 heavy (non-hydrogen) atoms. The second-order valence-corrected chi connectivity index (χ2v) is 2.91. The summed E-state index contributed by atoms with van der Waals surface area (Å²) in [6, 6.07) is -0.406. The van der Waals surface area contributed by atoms with Crippen LogP contribution in [0.3, 0.4) is 0 Å². The summed E-state index contributed by atoms with van der Waals surface area (Å²) in [6.45, 7) is 3.71. The normalized spacial score (nSPS) is 13.5. The highest BCUT2D eigenvalue weighted by Gasteiger charge is 2.06. The van der Waals surface area contributed by atoms with Crippen molar-refractivity contribution in [1.29, 1.82) is 0 Å². The van der Waals surface area contributed by atoms with Gasteiger partial charge in [-0.15, -0.1) is 0 Å². The van der Waals surface area contributed by atoms with Gasteiger partial charge in [0.1, 0.15) is 0 Å². The van der Waals surface area contributed by atoms with Gasteiger partial charge in [-0.3, -0.25) is 4.79 Å². The second kappa shape index (κ2) is 6.15. The minimum absolute atomic E-state index is 0.376. The standard InChI is InChI=1S/C9H16N2O3/c1-6(9(13)14-3)4-5-11-7(2)8(10)12/h4,7,11H,5H2,1-3H3,(H2,10,12). The van der Waals surface area contributed by atoms with Crippen molar-refractivity contribution in [1.82, 2.24) is 5.32 Å². The Balaban J connectivity index is 3.93. The third kappa shape index (κ3) is 4.61. The first-order valence-electron chi connectivity index (χ1n) is 4.26. The van der Waals surface area contributed by atoms with Gasteiger partial charge in [0.25, 0.3) is 0 Å². The van der Waals surface area contributed by atoms with E-state index in [1.165, 1.54) is 7.11 Å². The topological polar surface area (TPSA) is 81.4 Å². The molecule has 1 atom stereocenters. The van der Waals surface area contributed by atoms with Crippen molar-refractivity contribution in [2.24, 2.45) is 5.73 Å². The van der Waals surface area contributed by atoms with E-state index >= 15 is 0 Å². The monoisotopic (exact) mass is 200 g/mol. The van der Waals surface area contributed by atoms with Gasteiger partial charge in [0.2, 0.25) is 5.91 Å². The SMILES string of the molecule is COC(=O)C(C)=CCNC(C)C(N)=O. The number of hydrogen-bond donors (Lipinski definition) is 2. The van der Waals surface area contributed by atoms with Gasteiger partial charge in [-0.05, 0) is 13.8 Å². The molecule has 0 saturated heterocycles. The number of carbonyl (C=O) groups is 2. The molecular formula is C9H16N2O3. The molecule has 0 bridgehead atoms. The van der Waals surface area contributed by atoms with E-state index in [4.69, 9.17) is 5.73 Å². The van der Waals surface area contributed by atoms with E-state index in [0.29, 0.717) is 12.1 Å². The lowest BCUT2D eigenvalue weighted by molar-refractivity contribution is -0.136. The number of methoxy groups -OCH3 is 1. The lowest BCUT2D eigenvalue weighted by atomic mass is 10.2. The zero-order valence-electron chi connectivity index (χ0n) is 8.66. The first kappa shape index (κ1) is 12.6. The van der Waals surface area contributed by atoms with Crippen LogP contribution in [-0.2, 0) is 14.3 Å². The predicted octanol–water partition coefficient (Wildman–Crippen LogP) is -0.431. The van der Waals surface area contributed by atoms with E-state index in [0.717, 1.165) is 0 Å². The van der Waals surface area contributed by atoms with Crippen LogP contribution in [0.1, 0.15) is 13.8 Å². The van der Waals surface area contributed by atoms with Crippen LogP contribution in [0.5, 0.6) is 0 Å². The summed E-state index contributed by atoms with van der Waals surface area (Å²) in [6.07, 6.45) is 1.64. The van der Waals surface area contributed by atoms with Gasteiger partial charge in [-0.25, -0.2) is 4.79 Å². The Kier molecular flexibility index (Phi) is 5.55. The molecule has 0 aliphatic heterocycles. The Labute approximate surface area is 83.3 Å². The van der Waals surface area contributed by atoms with E-state index in [-0.39, 0.29) is 5.97 Å². The fourth-order valence-electron chi connectivity index (χ4n) is 0.734. The summed E-state index contributed by atoms with van der Waals surface area (Å²) >= 11 is 0. The van der Waals surface area contributed by atoms with Gasteiger partial charge >= 0.3 is 5.97 Å². The fraction of sp³-hybridized carbons (Fsp3) is 0.556. The number of nitrogens with two attached hydrogens (primary N) is 1. The minimum Gasteiger partial charge on any atom is -0.466 e. The molecule has 0 heterocycles. The molecule has 5 heteroatoms. The molecule has 0 saturated carbocycles. The lowest BCUT2D eigenvalue weighted by Gasteiger charge is -2.07. The molecule has 0 aliphatic carbocycles. The van der Waals surface area contributed by atoms with Crippen LogP contribution in [0.25, 0.3) is 0 Å². The Hall–Kier alpha value is -1.36. The number of hydrogen-bond acceptors (Lipinski definition) is 4. The summed E-state index contributed by atoms with van der Waals surface area (Å²) in [4.78, 5) is 21.5. The largest absolute Gasteiger partial charge is 0.466 e. The number of esters is 1. The fourth-order valence-corrected chi connectivity index (χ4v) is 0.734. The second-order valence-electron chi connectivity index (χ2n) is 2.91. The van der Waals surface area contributed by atoms with Crippen LogP contribution < -0.4 is 11.1 Å². The van der Waals surface area contributed by atoms with Crippen molar-refractivity contribution < 1.29 is 14.3 Å². The molecule has 80 valence electrons.